The van der Waals surface area contributed by atoms with E-state index in [1.807, 2.05) is 0 Å². The third kappa shape index (κ3) is 2.15. The molecule has 1 heterocycles. The molecule has 5 heteroatoms. The summed E-state index contributed by atoms with van der Waals surface area (Å²) in [6.07, 6.45) is 0. The van der Waals surface area contributed by atoms with Gasteiger partial charge >= 0.3 is 5.97 Å². The van der Waals surface area contributed by atoms with Crippen molar-refractivity contribution in [2.45, 2.75) is 5.92 Å². The minimum Gasteiger partial charge on any atom is -0.469 e. The van der Waals surface area contributed by atoms with Crippen LogP contribution in [0.3, 0.4) is 0 Å². The maximum Gasteiger partial charge on any atom is 0.310 e. The van der Waals surface area contributed by atoms with Crippen LogP contribution >= 0.6 is 0 Å². The molecule has 0 aliphatic carbocycles. The molecule has 3 nitrogen and oxygen atoms in total. The fourth-order valence-corrected chi connectivity index (χ4v) is 2.21. The first kappa shape index (κ1) is 12.0. The van der Waals surface area contributed by atoms with Gasteiger partial charge in [-0.1, -0.05) is 12.1 Å². The van der Waals surface area contributed by atoms with Gasteiger partial charge in [-0.15, -0.1) is 0 Å². The maximum atomic E-state index is 13.6. The lowest BCUT2D eigenvalue weighted by Gasteiger charge is -2.17. The third-order valence-electron chi connectivity index (χ3n) is 3.10. The number of esters is 1. The SMILES string of the molecule is COC(=O)C1CNCC1c1cccc(F)c1F. The molecule has 1 aliphatic heterocycles. The van der Waals surface area contributed by atoms with E-state index in [0.717, 1.165) is 6.07 Å². The van der Waals surface area contributed by atoms with Crippen molar-refractivity contribution in [2.75, 3.05) is 20.2 Å². The summed E-state index contributed by atoms with van der Waals surface area (Å²) in [5, 5.41) is 2.99. The highest BCUT2D eigenvalue weighted by Gasteiger charge is 2.36. The van der Waals surface area contributed by atoms with Gasteiger partial charge in [-0.2, -0.15) is 0 Å². The van der Waals surface area contributed by atoms with Crippen molar-refractivity contribution < 1.29 is 18.3 Å². The van der Waals surface area contributed by atoms with Crippen LogP contribution in [0.15, 0.2) is 18.2 Å². The summed E-state index contributed by atoms with van der Waals surface area (Å²) in [7, 11) is 1.29. The van der Waals surface area contributed by atoms with E-state index in [4.69, 9.17) is 0 Å². The van der Waals surface area contributed by atoms with E-state index in [2.05, 4.69) is 10.1 Å². The molecule has 1 fully saturated rings. The molecule has 2 unspecified atom stereocenters. The monoisotopic (exact) mass is 241 g/mol. The zero-order valence-electron chi connectivity index (χ0n) is 9.37. The zero-order valence-corrected chi connectivity index (χ0v) is 9.37. The van der Waals surface area contributed by atoms with Crippen LogP contribution in [0, 0.1) is 17.6 Å². The van der Waals surface area contributed by atoms with E-state index in [1.165, 1.54) is 19.2 Å². The standard InChI is InChI=1S/C12H13F2NO2/c1-17-12(16)9-6-15-5-8(9)7-3-2-4-10(13)11(7)14/h2-4,8-9,15H,5-6H2,1H3. The average Bonchev–Trinajstić information content (AvgIpc) is 2.80. The summed E-state index contributed by atoms with van der Waals surface area (Å²) in [5.74, 6) is -3.01. The molecule has 17 heavy (non-hydrogen) atoms. The summed E-state index contributed by atoms with van der Waals surface area (Å²) in [5.41, 5.74) is 0.227. The van der Waals surface area contributed by atoms with Crippen LogP contribution < -0.4 is 5.32 Å². The molecule has 2 rings (SSSR count). The lowest BCUT2D eigenvalue weighted by Crippen LogP contribution is -2.23. The van der Waals surface area contributed by atoms with E-state index in [-0.39, 0.29) is 11.5 Å². The fraction of sp³-hybridized carbons (Fsp3) is 0.417. The number of nitrogens with one attached hydrogen (secondary N) is 1. The topological polar surface area (TPSA) is 38.3 Å². The second-order valence-corrected chi connectivity index (χ2v) is 4.04. The Hall–Kier alpha value is -1.49. The predicted molar refractivity (Wildman–Crippen MR) is 57.5 cm³/mol. The number of ether oxygens (including phenoxy) is 1. The van der Waals surface area contributed by atoms with Crippen LogP contribution in [0.1, 0.15) is 11.5 Å². The van der Waals surface area contributed by atoms with E-state index in [9.17, 15) is 13.6 Å². The van der Waals surface area contributed by atoms with Gasteiger partial charge in [0.05, 0.1) is 13.0 Å². The molecule has 0 amide bonds. The van der Waals surface area contributed by atoms with Crippen LogP contribution in [-0.4, -0.2) is 26.2 Å². The summed E-state index contributed by atoms with van der Waals surface area (Å²) in [6.45, 7) is 0.868. The van der Waals surface area contributed by atoms with Gasteiger partial charge in [-0.05, 0) is 11.6 Å². The molecule has 1 N–H and O–H groups in total. The van der Waals surface area contributed by atoms with Crippen LogP contribution in [0.4, 0.5) is 8.78 Å². The Morgan fingerprint density at radius 2 is 2.18 bits per heavy atom. The van der Waals surface area contributed by atoms with E-state index >= 15 is 0 Å². The van der Waals surface area contributed by atoms with Crippen LogP contribution in [-0.2, 0) is 9.53 Å². The summed E-state index contributed by atoms with van der Waals surface area (Å²) in [4.78, 5) is 11.5. The Balaban J connectivity index is 2.32. The van der Waals surface area contributed by atoms with Gasteiger partial charge in [-0.3, -0.25) is 4.79 Å². The molecule has 0 bridgehead atoms. The first-order chi connectivity index (χ1) is 8.15. The van der Waals surface area contributed by atoms with Crippen LogP contribution in [0.2, 0.25) is 0 Å². The average molecular weight is 241 g/mol. The quantitative estimate of drug-likeness (QED) is 0.796. The van der Waals surface area contributed by atoms with Crippen molar-refractivity contribution in [3.05, 3.63) is 35.4 Å². The second-order valence-electron chi connectivity index (χ2n) is 4.04. The maximum absolute atomic E-state index is 13.6. The Morgan fingerprint density at radius 3 is 2.88 bits per heavy atom. The fourth-order valence-electron chi connectivity index (χ4n) is 2.21. The lowest BCUT2D eigenvalue weighted by atomic mass is 9.88. The molecule has 1 aromatic carbocycles. The van der Waals surface area contributed by atoms with Crippen LogP contribution in [0.5, 0.6) is 0 Å². The van der Waals surface area contributed by atoms with Gasteiger partial charge in [-0.25, -0.2) is 8.78 Å². The summed E-state index contributed by atoms with van der Waals surface area (Å²) in [6, 6.07) is 4.01. The molecule has 2 atom stereocenters. The number of halogens is 2. The third-order valence-corrected chi connectivity index (χ3v) is 3.10. The number of methoxy groups -OCH3 is 1. The van der Waals surface area contributed by atoms with Crippen molar-refractivity contribution in [2.24, 2.45) is 5.92 Å². The molecule has 0 saturated carbocycles. The van der Waals surface area contributed by atoms with Gasteiger partial charge in [0.1, 0.15) is 0 Å². The molecule has 1 aliphatic rings. The number of benzene rings is 1. The highest BCUT2D eigenvalue weighted by molar-refractivity contribution is 5.74. The second kappa shape index (κ2) is 4.79. The van der Waals surface area contributed by atoms with Gasteiger partial charge in [0.15, 0.2) is 11.6 Å². The molecular weight excluding hydrogens is 228 g/mol. The van der Waals surface area contributed by atoms with Crippen molar-refractivity contribution >= 4 is 5.97 Å². The summed E-state index contributed by atoms with van der Waals surface area (Å²) < 4.78 is 31.4. The Kier molecular flexibility index (Phi) is 3.38. The van der Waals surface area contributed by atoms with Gasteiger partial charge in [0.2, 0.25) is 0 Å². The van der Waals surface area contributed by atoms with Crippen molar-refractivity contribution in [1.29, 1.82) is 0 Å². The largest absolute Gasteiger partial charge is 0.469 e. The van der Waals surface area contributed by atoms with E-state index < -0.39 is 23.5 Å². The van der Waals surface area contributed by atoms with Crippen molar-refractivity contribution in [3.63, 3.8) is 0 Å². The molecule has 0 aromatic heterocycles. The van der Waals surface area contributed by atoms with Crippen molar-refractivity contribution in [1.82, 2.24) is 5.32 Å². The van der Waals surface area contributed by atoms with Crippen LogP contribution in [0.25, 0.3) is 0 Å². The molecule has 1 saturated heterocycles. The van der Waals surface area contributed by atoms with Gasteiger partial charge < -0.3 is 10.1 Å². The predicted octanol–water partition coefficient (Wildman–Crippen LogP) is 1.44. The molecular formula is C12H13F2NO2. The number of hydrogen-bond acceptors (Lipinski definition) is 3. The number of carbonyl (C=O) groups excluding carboxylic acids is 1. The molecule has 0 spiro atoms. The Bertz CT molecular complexity index is 437. The lowest BCUT2D eigenvalue weighted by molar-refractivity contribution is -0.145. The summed E-state index contributed by atoms with van der Waals surface area (Å²) >= 11 is 0. The highest BCUT2D eigenvalue weighted by atomic mass is 19.2. The first-order valence-corrected chi connectivity index (χ1v) is 5.37. The first-order valence-electron chi connectivity index (χ1n) is 5.37. The normalized spacial score (nSPS) is 23.7. The Labute approximate surface area is 97.8 Å². The molecule has 1 aromatic rings. The van der Waals surface area contributed by atoms with E-state index in [1.54, 1.807) is 0 Å². The van der Waals surface area contributed by atoms with E-state index in [0.29, 0.717) is 13.1 Å². The smallest absolute Gasteiger partial charge is 0.310 e. The molecule has 0 radical (unpaired) electrons. The number of rotatable bonds is 2. The van der Waals surface area contributed by atoms with Gasteiger partial charge in [0.25, 0.3) is 0 Å². The van der Waals surface area contributed by atoms with Gasteiger partial charge in [0, 0.05) is 19.0 Å². The molecule has 92 valence electrons. The minimum absolute atomic E-state index is 0.227. The number of carbonyl (C=O) groups is 1. The Morgan fingerprint density at radius 1 is 1.41 bits per heavy atom. The number of hydrogen-bond donors (Lipinski definition) is 1. The van der Waals surface area contributed by atoms with Crippen molar-refractivity contribution in [3.8, 4) is 0 Å². The minimum atomic E-state index is -0.891. The zero-order chi connectivity index (χ0) is 12.4. The highest BCUT2D eigenvalue weighted by Crippen LogP contribution is 2.31.